The lowest BCUT2D eigenvalue weighted by Gasteiger charge is -2.05. The predicted octanol–water partition coefficient (Wildman–Crippen LogP) is 2.30. The third kappa shape index (κ3) is 4.44. The van der Waals surface area contributed by atoms with E-state index >= 15 is 0 Å². The monoisotopic (exact) mass is 242 g/mol. The number of halogens is 1. The lowest BCUT2D eigenvalue weighted by molar-refractivity contribution is 0.287. The number of nitrogens with one attached hydrogen (secondary N) is 1. The minimum Gasteiger partial charge on any atom is -0.463 e. The van der Waals surface area contributed by atoms with E-state index in [-0.39, 0.29) is 11.3 Å². The normalized spacial score (nSPS) is 9.88. The molecule has 1 rings (SSSR count). The Labute approximate surface area is 99.9 Å². The van der Waals surface area contributed by atoms with Crippen molar-refractivity contribution in [2.24, 2.45) is 0 Å². The molecule has 88 valence electrons. The van der Waals surface area contributed by atoms with Crippen LogP contribution >= 0.6 is 11.6 Å². The maximum absolute atomic E-state index is 5.73. The van der Waals surface area contributed by atoms with Gasteiger partial charge in [0.15, 0.2) is 0 Å². The molecule has 1 aromatic rings. The first-order chi connectivity index (χ1) is 7.76. The summed E-state index contributed by atoms with van der Waals surface area (Å²) in [4.78, 5) is 11.8. The molecule has 0 radical (unpaired) electrons. The average molecular weight is 243 g/mol. The molecular weight excluding hydrogens is 228 g/mol. The molecular formula is C10H15ClN4O. The van der Waals surface area contributed by atoms with E-state index in [0.29, 0.717) is 12.6 Å². The zero-order valence-corrected chi connectivity index (χ0v) is 10.00. The number of nitrogens with zero attached hydrogens (tertiary/aromatic N) is 3. The van der Waals surface area contributed by atoms with E-state index < -0.39 is 0 Å². The van der Waals surface area contributed by atoms with Crippen LogP contribution in [-0.4, -0.2) is 28.1 Å². The van der Waals surface area contributed by atoms with Crippen LogP contribution in [0, 0.1) is 0 Å². The number of anilines is 1. The molecule has 1 heterocycles. The van der Waals surface area contributed by atoms with Crippen LogP contribution in [0.5, 0.6) is 6.01 Å². The van der Waals surface area contributed by atoms with Crippen LogP contribution in [0.15, 0.2) is 12.7 Å². The van der Waals surface area contributed by atoms with Gasteiger partial charge in [-0.3, -0.25) is 0 Å². The van der Waals surface area contributed by atoms with Crippen LogP contribution in [0.25, 0.3) is 0 Å². The first-order valence-corrected chi connectivity index (χ1v) is 5.53. The van der Waals surface area contributed by atoms with Gasteiger partial charge in [-0.25, -0.2) is 0 Å². The van der Waals surface area contributed by atoms with Gasteiger partial charge in [0.2, 0.25) is 11.2 Å². The van der Waals surface area contributed by atoms with E-state index in [2.05, 4.69) is 26.8 Å². The summed E-state index contributed by atoms with van der Waals surface area (Å²) in [5.41, 5.74) is 0. The Bertz CT molecular complexity index is 346. The van der Waals surface area contributed by atoms with Crippen molar-refractivity contribution in [1.82, 2.24) is 15.0 Å². The SMILES string of the molecule is C=CCCCOc1nc(Cl)nc(NCC)n1. The van der Waals surface area contributed by atoms with Gasteiger partial charge in [0, 0.05) is 6.54 Å². The topological polar surface area (TPSA) is 59.9 Å². The second-order valence-electron chi connectivity index (χ2n) is 3.02. The molecule has 0 aliphatic carbocycles. The molecule has 1 N–H and O–H groups in total. The Morgan fingerprint density at radius 2 is 2.25 bits per heavy atom. The molecule has 0 atom stereocenters. The van der Waals surface area contributed by atoms with Gasteiger partial charge >= 0.3 is 6.01 Å². The largest absolute Gasteiger partial charge is 0.463 e. The number of hydrogen-bond donors (Lipinski definition) is 1. The van der Waals surface area contributed by atoms with E-state index in [9.17, 15) is 0 Å². The fourth-order valence-corrected chi connectivity index (χ4v) is 1.18. The zero-order valence-electron chi connectivity index (χ0n) is 9.24. The number of hydrogen-bond acceptors (Lipinski definition) is 5. The Kier molecular flexibility index (Phi) is 5.56. The van der Waals surface area contributed by atoms with Gasteiger partial charge in [-0.15, -0.1) is 6.58 Å². The predicted molar refractivity (Wildman–Crippen MR) is 63.9 cm³/mol. The number of allylic oxidation sites excluding steroid dienone is 1. The lowest BCUT2D eigenvalue weighted by atomic mass is 10.3. The molecule has 0 amide bonds. The molecule has 0 saturated heterocycles. The fourth-order valence-electron chi connectivity index (χ4n) is 1.02. The Morgan fingerprint density at radius 3 is 2.94 bits per heavy atom. The number of rotatable bonds is 7. The lowest BCUT2D eigenvalue weighted by Crippen LogP contribution is -2.07. The van der Waals surface area contributed by atoms with Crippen molar-refractivity contribution in [3.8, 4) is 6.01 Å². The first kappa shape index (κ1) is 12.7. The first-order valence-electron chi connectivity index (χ1n) is 5.15. The molecule has 5 nitrogen and oxygen atoms in total. The van der Waals surface area contributed by atoms with Gasteiger partial charge in [-0.05, 0) is 31.4 Å². The fraction of sp³-hybridized carbons (Fsp3) is 0.500. The van der Waals surface area contributed by atoms with Crippen LogP contribution in [0.2, 0.25) is 5.28 Å². The van der Waals surface area contributed by atoms with E-state index in [1.54, 1.807) is 0 Å². The van der Waals surface area contributed by atoms with E-state index in [1.165, 1.54) is 0 Å². The highest BCUT2D eigenvalue weighted by Gasteiger charge is 2.04. The van der Waals surface area contributed by atoms with Gasteiger partial charge in [-0.1, -0.05) is 6.08 Å². The Balaban J connectivity index is 2.54. The third-order valence-electron chi connectivity index (χ3n) is 1.71. The molecule has 0 aliphatic heterocycles. The highest BCUT2D eigenvalue weighted by atomic mass is 35.5. The summed E-state index contributed by atoms with van der Waals surface area (Å²) in [5.74, 6) is 0.432. The standard InChI is InChI=1S/C10H15ClN4O/c1-3-5-6-7-16-10-14-8(11)13-9(15-10)12-4-2/h3H,1,4-7H2,2H3,(H,12,13,14,15). The second kappa shape index (κ2) is 7.00. The molecule has 0 unspecified atom stereocenters. The minimum atomic E-state index is 0.129. The second-order valence-corrected chi connectivity index (χ2v) is 3.36. The summed E-state index contributed by atoms with van der Waals surface area (Å²) in [6.45, 7) is 6.83. The quantitative estimate of drug-likeness (QED) is 0.587. The van der Waals surface area contributed by atoms with Crippen molar-refractivity contribution < 1.29 is 4.74 Å². The number of unbranched alkanes of at least 4 members (excludes halogenated alkanes) is 1. The number of aromatic nitrogens is 3. The van der Waals surface area contributed by atoms with Crippen molar-refractivity contribution in [2.45, 2.75) is 19.8 Å². The molecule has 0 fully saturated rings. The third-order valence-corrected chi connectivity index (χ3v) is 1.88. The Morgan fingerprint density at radius 1 is 1.44 bits per heavy atom. The smallest absolute Gasteiger partial charge is 0.322 e. The summed E-state index contributed by atoms with van der Waals surface area (Å²) in [5, 5.41) is 3.08. The molecule has 16 heavy (non-hydrogen) atoms. The van der Waals surface area contributed by atoms with Gasteiger partial charge in [0.05, 0.1) is 6.61 Å². The molecule has 0 spiro atoms. The van der Waals surface area contributed by atoms with Crippen LogP contribution in [0.4, 0.5) is 5.95 Å². The van der Waals surface area contributed by atoms with Crippen molar-refractivity contribution in [1.29, 1.82) is 0 Å². The Hall–Kier alpha value is -1.36. The van der Waals surface area contributed by atoms with Crippen molar-refractivity contribution in [3.63, 3.8) is 0 Å². The van der Waals surface area contributed by atoms with Crippen molar-refractivity contribution in [2.75, 3.05) is 18.5 Å². The summed E-state index contributed by atoms with van der Waals surface area (Å²) < 4.78 is 5.34. The van der Waals surface area contributed by atoms with Gasteiger partial charge < -0.3 is 10.1 Å². The highest BCUT2D eigenvalue weighted by molar-refractivity contribution is 6.28. The maximum atomic E-state index is 5.73. The van der Waals surface area contributed by atoms with Gasteiger partial charge in [-0.2, -0.15) is 15.0 Å². The van der Waals surface area contributed by atoms with E-state index in [4.69, 9.17) is 16.3 Å². The molecule has 0 saturated carbocycles. The maximum Gasteiger partial charge on any atom is 0.322 e. The van der Waals surface area contributed by atoms with Crippen LogP contribution in [-0.2, 0) is 0 Å². The summed E-state index contributed by atoms with van der Waals surface area (Å²) in [7, 11) is 0. The highest BCUT2D eigenvalue weighted by Crippen LogP contribution is 2.11. The average Bonchev–Trinajstić information content (AvgIpc) is 2.24. The van der Waals surface area contributed by atoms with Gasteiger partial charge in [0.1, 0.15) is 0 Å². The molecule has 6 heteroatoms. The number of ether oxygens (including phenoxy) is 1. The van der Waals surface area contributed by atoms with E-state index in [0.717, 1.165) is 19.4 Å². The van der Waals surface area contributed by atoms with Crippen LogP contribution in [0.1, 0.15) is 19.8 Å². The summed E-state index contributed by atoms with van der Waals surface area (Å²) in [6, 6.07) is 0.250. The summed E-state index contributed by atoms with van der Waals surface area (Å²) >= 11 is 5.73. The zero-order chi connectivity index (χ0) is 11.8. The van der Waals surface area contributed by atoms with Crippen LogP contribution in [0.3, 0.4) is 0 Å². The van der Waals surface area contributed by atoms with E-state index in [1.807, 2.05) is 13.0 Å². The minimum absolute atomic E-state index is 0.129. The van der Waals surface area contributed by atoms with Crippen molar-refractivity contribution in [3.05, 3.63) is 17.9 Å². The van der Waals surface area contributed by atoms with Crippen molar-refractivity contribution >= 4 is 17.5 Å². The van der Waals surface area contributed by atoms with Crippen LogP contribution < -0.4 is 10.1 Å². The summed E-state index contributed by atoms with van der Waals surface area (Å²) in [6.07, 6.45) is 3.62. The molecule has 1 aromatic heterocycles. The van der Waals surface area contributed by atoms with Gasteiger partial charge in [0.25, 0.3) is 0 Å². The molecule has 0 bridgehead atoms. The molecule has 0 aliphatic rings. The molecule has 0 aromatic carbocycles.